The molecule has 0 unspecified atom stereocenters. The first-order valence-electron chi connectivity index (χ1n) is 12.9. The average molecular weight is 522 g/mol. The predicted octanol–water partition coefficient (Wildman–Crippen LogP) is 4.28. The van der Waals surface area contributed by atoms with Gasteiger partial charge in [0.15, 0.2) is 0 Å². The number of carbonyl (C=O) groups is 2. The summed E-state index contributed by atoms with van der Waals surface area (Å²) in [5.41, 5.74) is 2.68. The van der Waals surface area contributed by atoms with Gasteiger partial charge in [-0.3, -0.25) is 4.79 Å². The summed E-state index contributed by atoms with van der Waals surface area (Å²) in [6, 6.07) is 5.93. The van der Waals surface area contributed by atoms with Gasteiger partial charge in [-0.15, -0.1) is 0 Å². The highest BCUT2D eigenvalue weighted by Crippen LogP contribution is 2.38. The van der Waals surface area contributed by atoms with E-state index in [1.165, 1.54) is 6.92 Å². The molecule has 5 heterocycles. The number of anilines is 1. The Labute approximate surface area is 222 Å². The molecule has 0 aliphatic carbocycles. The number of carbonyl (C=O) groups excluding carboxylic acids is 2. The maximum atomic E-state index is 12.5. The molecule has 10 nitrogen and oxygen atoms in total. The van der Waals surface area contributed by atoms with Gasteiger partial charge in [0.2, 0.25) is 5.91 Å². The molecule has 2 aliphatic rings. The Bertz CT molecular complexity index is 1380. The van der Waals surface area contributed by atoms with Crippen LogP contribution < -0.4 is 5.32 Å². The van der Waals surface area contributed by atoms with Crippen LogP contribution in [0.4, 0.5) is 10.6 Å². The van der Waals surface area contributed by atoms with Gasteiger partial charge in [-0.2, -0.15) is 0 Å². The first-order chi connectivity index (χ1) is 18.0. The van der Waals surface area contributed by atoms with Gasteiger partial charge in [0.05, 0.1) is 17.8 Å². The summed E-state index contributed by atoms with van der Waals surface area (Å²) in [7, 11) is 1.69. The molecule has 5 rings (SSSR count). The number of aryl methyl sites for hydroxylation is 1. The summed E-state index contributed by atoms with van der Waals surface area (Å²) in [5, 5.41) is 3.73. The summed E-state index contributed by atoms with van der Waals surface area (Å²) in [6.45, 7) is 11.3. The van der Waals surface area contributed by atoms with Crippen LogP contribution >= 0.6 is 0 Å². The van der Waals surface area contributed by atoms with E-state index >= 15 is 0 Å². The van der Waals surface area contributed by atoms with Crippen molar-refractivity contribution in [2.24, 2.45) is 0 Å². The molecule has 0 radical (unpaired) electrons. The van der Waals surface area contributed by atoms with Crippen molar-refractivity contribution in [3.63, 3.8) is 0 Å². The molecule has 3 aromatic rings. The Kier molecular flexibility index (Phi) is 6.65. The van der Waals surface area contributed by atoms with Crippen LogP contribution in [0.5, 0.6) is 0 Å². The molecule has 0 bridgehead atoms. The number of pyridine rings is 2. The Morgan fingerprint density at radius 1 is 1.21 bits per heavy atom. The smallest absolute Gasteiger partial charge is 0.410 e. The number of fused-ring (bicyclic) bond motifs is 1. The molecule has 2 aliphatic heterocycles. The van der Waals surface area contributed by atoms with Crippen LogP contribution in [0, 0.1) is 6.92 Å². The number of likely N-dealkylation sites (tertiary alicyclic amines) is 1. The molecule has 2 fully saturated rings. The van der Waals surface area contributed by atoms with Gasteiger partial charge in [-0.05, 0) is 51.0 Å². The van der Waals surface area contributed by atoms with Crippen molar-refractivity contribution in [3.05, 3.63) is 47.4 Å². The second-order valence-corrected chi connectivity index (χ2v) is 11.2. The van der Waals surface area contributed by atoms with Crippen LogP contribution in [-0.4, -0.2) is 70.4 Å². The van der Waals surface area contributed by atoms with E-state index in [2.05, 4.69) is 16.5 Å². The largest absolute Gasteiger partial charge is 0.444 e. The fourth-order valence-corrected chi connectivity index (χ4v) is 5.08. The highest BCUT2D eigenvalue weighted by Gasteiger charge is 2.39. The molecular formula is C28H35N5O5. The number of nitrogens with zero attached hydrogens (tertiary/aromatic N) is 4. The van der Waals surface area contributed by atoms with Crippen LogP contribution in [0.15, 0.2) is 30.6 Å². The lowest BCUT2D eigenvalue weighted by atomic mass is 9.92. The van der Waals surface area contributed by atoms with Gasteiger partial charge in [-0.25, -0.2) is 14.8 Å². The average Bonchev–Trinajstić information content (AvgIpc) is 3.42. The van der Waals surface area contributed by atoms with Gasteiger partial charge < -0.3 is 29.0 Å². The lowest BCUT2D eigenvalue weighted by molar-refractivity contribution is -0.114. The van der Waals surface area contributed by atoms with Crippen molar-refractivity contribution in [2.45, 2.75) is 58.2 Å². The van der Waals surface area contributed by atoms with Crippen LogP contribution in [0.25, 0.3) is 16.7 Å². The third-order valence-electron chi connectivity index (χ3n) is 7.04. The van der Waals surface area contributed by atoms with Gasteiger partial charge in [-0.1, -0.05) is 0 Å². The zero-order valence-corrected chi connectivity index (χ0v) is 22.8. The minimum absolute atomic E-state index is 0.123. The van der Waals surface area contributed by atoms with Crippen molar-refractivity contribution < 1.29 is 23.8 Å². The van der Waals surface area contributed by atoms with E-state index in [9.17, 15) is 9.59 Å². The Morgan fingerprint density at radius 2 is 1.97 bits per heavy atom. The molecule has 2 amide bonds. The molecule has 0 aromatic carbocycles. The van der Waals surface area contributed by atoms with E-state index in [0.29, 0.717) is 32.1 Å². The van der Waals surface area contributed by atoms with E-state index in [0.717, 1.165) is 40.0 Å². The summed E-state index contributed by atoms with van der Waals surface area (Å²) < 4.78 is 19.1. The maximum Gasteiger partial charge on any atom is 0.410 e. The van der Waals surface area contributed by atoms with Gasteiger partial charge >= 0.3 is 6.09 Å². The van der Waals surface area contributed by atoms with Crippen LogP contribution in [0.2, 0.25) is 0 Å². The van der Waals surface area contributed by atoms with Crippen molar-refractivity contribution in [2.75, 3.05) is 38.7 Å². The van der Waals surface area contributed by atoms with E-state index < -0.39 is 11.2 Å². The molecule has 3 aromatic heterocycles. The molecule has 0 saturated carbocycles. The van der Waals surface area contributed by atoms with Crippen molar-refractivity contribution in [1.82, 2.24) is 19.4 Å². The third kappa shape index (κ3) is 4.98. The number of aromatic nitrogens is 3. The topological polar surface area (TPSA) is 108 Å². The number of rotatable bonds is 5. The number of amides is 2. The fraction of sp³-hybridized carbons (Fsp3) is 0.500. The SMILES string of the molecule is CO[C@@]1(c2cc(C)cc(-n3cc(C4CN(C(=O)OC(C)(C)C)C4)c4cnc(NC(C)=O)cc43)n2)CCOC1. The van der Waals surface area contributed by atoms with Crippen LogP contribution in [0.3, 0.4) is 0 Å². The first kappa shape index (κ1) is 26.1. The molecule has 38 heavy (non-hydrogen) atoms. The number of hydrogen-bond donors (Lipinski definition) is 1. The monoisotopic (exact) mass is 521 g/mol. The standard InChI is InChI=1S/C28H35N5O5/c1-17-9-23(28(36-6)7-8-37-16-28)31-25(10-17)33-15-21(19-13-32(14-19)26(35)38-27(3,4)5)20-12-29-24(11-22(20)33)30-18(2)34/h9-12,15,19H,7-8,13-14,16H2,1-6H3,(H,29,30,34)/t28-/m0/s1. The van der Waals surface area contributed by atoms with E-state index in [1.54, 1.807) is 18.2 Å². The summed E-state index contributed by atoms with van der Waals surface area (Å²) in [6.07, 6.45) is 4.27. The summed E-state index contributed by atoms with van der Waals surface area (Å²) >= 11 is 0. The number of methoxy groups -OCH3 is 1. The third-order valence-corrected chi connectivity index (χ3v) is 7.04. The molecule has 0 spiro atoms. The molecule has 1 atom stereocenters. The minimum atomic E-state index is -0.586. The summed E-state index contributed by atoms with van der Waals surface area (Å²) in [4.78, 5) is 35.5. The van der Waals surface area contributed by atoms with E-state index in [4.69, 9.17) is 19.2 Å². The Hall–Kier alpha value is -3.50. The normalized spacial score (nSPS) is 20.0. The van der Waals surface area contributed by atoms with Gasteiger partial charge in [0.25, 0.3) is 0 Å². The first-order valence-corrected chi connectivity index (χ1v) is 12.9. The zero-order chi connectivity index (χ0) is 27.2. The molecule has 2 saturated heterocycles. The lowest BCUT2D eigenvalue weighted by Gasteiger charge is -2.39. The van der Waals surface area contributed by atoms with E-state index in [1.807, 2.05) is 50.5 Å². The predicted molar refractivity (Wildman–Crippen MR) is 143 cm³/mol. The lowest BCUT2D eigenvalue weighted by Crippen LogP contribution is -2.50. The number of ether oxygens (including phenoxy) is 3. The molecule has 1 N–H and O–H groups in total. The molecular weight excluding hydrogens is 486 g/mol. The van der Waals surface area contributed by atoms with E-state index in [-0.39, 0.29) is 17.9 Å². The maximum absolute atomic E-state index is 12.5. The van der Waals surface area contributed by atoms with Gasteiger partial charge in [0.1, 0.15) is 22.8 Å². The zero-order valence-electron chi connectivity index (χ0n) is 22.8. The van der Waals surface area contributed by atoms with Crippen LogP contribution in [-0.2, 0) is 24.6 Å². The Balaban J connectivity index is 1.55. The summed E-state index contributed by atoms with van der Waals surface area (Å²) in [5.74, 6) is 1.13. The second kappa shape index (κ2) is 9.67. The second-order valence-electron chi connectivity index (χ2n) is 11.2. The highest BCUT2D eigenvalue weighted by atomic mass is 16.6. The number of nitrogens with one attached hydrogen (secondary N) is 1. The van der Waals surface area contributed by atoms with Crippen molar-refractivity contribution in [1.29, 1.82) is 0 Å². The van der Waals surface area contributed by atoms with Crippen molar-refractivity contribution >= 4 is 28.7 Å². The number of hydrogen-bond acceptors (Lipinski definition) is 7. The highest BCUT2D eigenvalue weighted by molar-refractivity contribution is 5.92. The van der Waals surface area contributed by atoms with Crippen molar-refractivity contribution in [3.8, 4) is 5.82 Å². The quantitative estimate of drug-likeness (QED) is 0.534. The van der Waals surface area contributed by atoms with Gasteiger partial charge in [0, 0.05) is 69.9 Å². The molecule has 10 heteroatoms. The minimum Gasteiger partial charge on any atom is -0.444 e. The Morgan fingerprint density at radius 3 is 2.61 bits per heavy atom. The fourth-order valence-electron chi connectivity index (χ4n) is 5.08. The van der Waals surface area contributed by atoms with Crippen LogP contribution in [0.1, 0.15) is 56.9 Å². The molecule has 202 valence electrons.